The normalized spacial score (nSPS) is 11.5. The zero-order valence-corrected chi connectivity index (χ0v) is 16.1. The van der Waals surface area contributed by atoms with Crippen LogP contribution < -0.4 is 0 Å². The Morgan fingerprint density at radius 3 is 1.05 bits per heavy atom. The van der Waals surface area contributed by atoms with E-state index < -0.39 is 17.6 Å². The fourth-order valence-corrected chi connectivity index (χ4v) is 4.22. The van der Waals surface area contributed by atoms with Crippen molar-refractivity contribution in [1.29, 1.82) is 0 Å². The molecule has 0 spiro atoms. The third-order valence-corrected chi connectivity index (χ3v) is 7.17. The first-order chi connectivity index (χ1) is 9.99. The summed E-state index contributed by atoms with van der Waals surface area (Å²) in [5.41, 5.74) is 3.25. The first kappa shape index (κ1) is 22.9. The summed E-state index contributed by atoms with van der Waals surface area (Å²) in [6.07, 6.45) is 0. The highest BCUT2D eigenvalue weighted by Crippen LogP contribution is 2.10. The molecule has 21 heavy (non-hydrogen) atoms. The quantitative estimate of drug-likeness (QED) is 0.539. The van der Waals surface area contributed by atoms with Gasteiger partial charge in [-0.25, -0.2) is 0 Å². The molecule has 0 fully saturated rings. The van der Waals surface area contributed by atoms with E-state index in [1.165, 1.54) is 0 Å². The second kappa shape index (κ2) is 13.3. The number of rotatable bonds is 11. The SMILES string of the molecule is C=C[Si](OC)(OC)OC.C=C[Si](OCC)(OCC)OCC. The third kappa shape index (κ3) is 8.64. The summed E-state index contributed by atoms with van der Waals surface area (Å²) in [5, 5.41) is 0. The Hall–Kier alpha value is -0.326. The van der Waals surface area contributed by atoms with Gasteiger partial charge in [0, 0.05) is 41.2 Å². The van der Waals surface area contributed by atoms with E-state index in [2.05, 4.69) is 13.2 Å². The van der Waals surface area contributed by atoms with Crippen molar-refractivity contribution in [3.05, 3.63) is 24.6 Å². The third-order valence-electron chi connectivity index (χ3n) is 2.39. The van der Waals surface area contributed by atoms with Crippen molar-refractivity contribution >= 4 is 17.6 Å². The molecule has 0 rings (SSSR count). The van der Waals surface area contributed by atoms with Gasteiger partial charge in [-0.05, 0) is 32.2 Å². The molecule has 0 aliphatic rings. The zero-order chi connectivity index (χ0) is 16.8. The molecule has 0 aromatic carbocycles. The molecule has 0 saturated heterocycles. The minimum absolute atomic E-state index is 0.595. The van der Waals surface area contributed by atoms with Gasteiger partial charge in [0.05, 0.1) is 0 Å². The zero-order valence-electron chi connectivity index (χ0n) is 14.1. The highest BCUT2D eigenvalue weighted by atomic mass is 28.4. The van der Waals surface area contributed by atoms with Gasteiger partial charge < -0.3 is 26.6 Å². The second-order valence-corrected chi connectivity index (χ2v) is 8.85. The molecule has 0 amide bonds. The lowest BCUT2D eigenvalue weighted by Crippen LogP contribution is -2.44. The Labute approximate surface area is 131 Å². The fraction of sp³-hybridized carbons (Fsp3) is 0.692. The molecule has 0 atom stereocenters. The summed E-state index contributed by atoms with van der Waals surface area (Å²) in [4.78, 5) is 0. The van der Waals surface area contributed by atoms with Gasteiger partial charge in [0.15, 0.2) is 0 Å². The van der Waals surface area contributed by atoms with Crippen LogP contribution in [-0.2, 0) is 26.6 Å². The van der Waals surface area contributed by atoms with Gasteiger partial charge in [0.25, 0.3) is 0 Å². The Morgan fingerprint density at radius 2 is 0.952 bits per heavy atom. The molecule has 0 saturated carbocycles. The molecular formula is C13H30O6Si2. The smallest absolute Gasteiger partial charge is 0.374 e. The molecular weight excluding hydrogens is 308 g/mol. The van der Waals surface area contributed by atoms with Crippen LogP contribution in [0.3, 0.4) is 0 Å². The lowest BCUT2D eigenvalue weighted by atomic mass is 10.9. The van der Waals surface area contributed by atoms with E-state index in [9.17, 15) is 0 Å². The molecule has 0 aliphatic heterocycles. The average Bonchev–Trinajstić information content (AvgIpc) is 2.51. The van der Waals surface area contributed by atoms with Gasteiger partial charge >= 0.3 is 17.6 Å². The average molecular weight is 339 g/mol. The maximum atomic E-state index is 5.44. The van der Waals surface area contributed by atoms with Crippen molar-refractivity contribution in [2.75, 3.05) is 41.2 Å². The topological polar surface area (TPSA) is 55.4 Å². The molecule has 8 heteroatoms. The minimum atomic E-state index is -2.51. The van der Waals surface area contributed by atoms with Crippen LogP contribution in [0.15, 0.2) is 24.6 Å². The van der Waals surface area contributed by atoms with E-state index in [4.69, 9.17) is 26.6 Å². The summed E-state index contributed by atoms with van der Waals surface area (Å²) >= 11 is 0. The molecule has 0 aliphatic carbocycles. The van der Waals surface area contributed by atoms with Crippen molar-refractivity contribution in [3.8, 4) is 0 Å². The van der Waals surface area contributed by atoms with Crippen LogP contribution in [0.25, 0.3) is 0 Å². The maximum absolute atomic E-state index is 5.44. The summed E-state index contributed by atoms with van der Waals surface area (Å²) in [7, 11) is -0.305. The van der Waals surface area contributed by atoms with E-state index in [1.54, 1.807) is 32.7 Å². The summed E-state index contributed by atoms with van der Waals surface area (Å²) in [6.45, 7) is 14.8. The van der Waals surface area contributed by atoms with E-state index in [0.29, 0.717) is 19.8 Å². The van der Waals surface area contributed by atoms with Gasteiger partial charge in [-0.3, -0.25) is 0 Å². The van der Waals surface area contributed by atoms with Crippen molar-refractivity contribution < 1.29 is 26.6 Å². The standard InChI is InChI=1S/C8H18O3Si.C5H12O3Si/c1-5-9-12(8-4,10-6-2)11-7-3;1-5-9(6-2,7-3)8-4/h8H,4-7H2,1-3H3;5H,1H2,2-4H3. The molecule has 0 unspecified atom stereocenters. The van der Waals surface area contributed by atoms with Crippen LogP contribution in [0.1, 0.15) is 20.8 Å². The molecule has 0 heterocycles. The molecule has 0 N–H and O–H groups in total. The van der Waals surface area contributed by atoms with E-state index in [-0.39, 0.29) is 0 Å². The second-order valence-electron chi connectivity index (χ2n) is 3.53. The van der Waals surface area contributed by atoms with Gasteiger partial charge in [0.2, 0.25) is 0 Å². The predicted molar refractivity (Wildman–Crippen MR) is 87.8 cm³/mol. The van der Waals surface area contributed by atoms with Crippen LogP contribution in [0.5, 0.6) is 0 Å². The van der Waals surface area contributed by atoms with Crippen molar-refractivity contribution in [2.45, 2.75) is 20.8 Å². The number of hydrogen-bond donors (Lipinski definition) is 0. The highest BCUT2D eigenvalue weighted by molar-refractivity contribution is 6.66. The van der Waals surface area contributed by atoms with Crippen LogP contribution in [-0.4, -0.2) is 58.8 Å². The lowest BCUT2D eigenvalue weighted by Gasteiger charge is -2.24. The summed E-state index contributed by atoms with van der Waals surface area (Å²) in [6, 6.07) is 0. The molecule has 6 nitrogen and oxygen atoms in total. The van der Waals surface area contributed by atoms with E-state index >= 15 is 0 Å². The fourth-order valence-electron chi connectivity index (χ4n) is 1.41. The predicted octanol–water partition coefficient (Wildman–Crippen LogP) is 2.35. The van der Waals surface area contributed by atoms with Crippen molar-refractivity contribution in [3.63, 3.8) is 0 Å². The van der Waals surface area contributed by atoms with Gasteiger partial charge in [0.1, 0.15) is 0 Å². The number of hydrogen-bond acceptors (Lipinski definition) is 6. The first-order valence-electron chi connectivity index (χ1n) is 6.83. The Kier molecular flexibility index (Phi) is 14.6. The van der Waals surface area contributed by atoms with E-state index in [0.717, 1.165) is 0 Å². The minimum Gasteiger partial charge on any atom is -0.374 e. The largest absolute Gasteiger partial charge is 0.528 e. The van der Waals surface area contributed by atoms with E-state index in [1.807, 2.05) is 20.8 Å². The molecule has 126 valence electrons. The van der Waals surface area contributed by atoms with Crippen LogP contribution >= 0.6 is 0 Å². The van der Waals surface area contributed by atoms with Crippen LogP contribution in [0, 0.1) is 0 Å². The van der Waals surface area contributed by atoms with Crippen LogP contribution in [0.2, 0.25) is 0 Å². The van der Waals surface area contributed by atoms with Gasteiger partial charge in [-0.15, -0.1) is 0 Å². The highest BCUT2D eigenvalue weighted by Gasteiger charge is 2.36. The Bertz CT molecular complexity index is 246. The van der Waals surface area contributed by atoms with Crippen molar-refractivity contribution in [1.82, 2.24) is 0 Å². The lowest BCUT2D eigenvalue weighted by molar-refractivity contribution is 0.0844. The van der Waals surface area contributed by atoms with Gasteiger partial charge in [-0.2, -0.15) is 0 Å². The molecule has 0 radical (unpaired) electrons. The molecule has 0 bridgehead atoms. The van der Waals surface area contributed by atoms with Crippen molar-refractivity contribution in [2.24, 2.45) is 0 Å². The van der Waals surface area contributed by atoms with Crippen LogP contribution in [0.4, 0.5) is 0 Å². The molecule has 0 aromatic rings. The Balaban J connectivity index is 0. The maximum Gasteiger partial charge on any atom is 0.528 e. The molecule has 0 aromatic heterocycles. The summed E-state index contributed by atoms with van der Waals surface area (Å²) < 4.78 is 31.2. The first-order valence-corrected chi connectivity index (χ1v) is 10.4. The summed E-state index contributed by atoms with van der Waals surface area (Å²) in [5.74, 6) is 0. The Morgan fingerprint density at radius 1 is 0.667 bits per heavy atom. The monoisotopic (exact) mass is 338 g/mol. The van der Waals surface area contributed by atoms with Gasteiger partial charge in [-0.1, -0.05) is 13.2 Å².